The van der Waals surface area contributed by atoms with E-state index in [0.29, 0.717) is 17.4 Å². The fourth-order valence-electron chi connectivity index (χ4n) is 2.51. The van der Waals surface area contributed by atoms with Crippen molar-refractivity contribution in [3.63, 3.8) is 0 Å². The van der Waals surface area contributed by atoms with E-state index >= 15 is 0 Å². The van der Waals surface area contributed by atoms with E-state index in [0.717, 1.165) is 25.8 Å². The van der Waals surface area contributed by atoms with Crippen LogP contribution in [0.2, 0.25) is 0 Å². The molecule has 0 aliphatic heterocycles. The second-order valence-electron chi connectivity index (χ2n) is 5.57. The predicted molar refractivity (Wildman–Crippen MR) is 78.3 cm³/mol. The van der Waals surface area contributed by atoms with E-state index in [4.69, 9.17) is 0 Å². The maximum Gasteiger partial charge on any atom is 0.178 e. The Morgan fingerprint density at radius 1 is 1.21 bits per heavy atom. The molecule has 106 valence electrons. The number of nitrogens with one attached hydrogen (secondary N) is 1. The third-order valence-corrected chi connectivity index (χ3v) is 5.37. The average molecular weight is 281 g/mol. The summed E-state index contributed by atoms with van der Waals surface area (Å²) in [4.78, 5) is 0.498. The third-order valence-electron chi connectivity index (χ3n) is 3.57. The first-order chi connectivity index (χ1) is 8.99. The molecule has 0 saturated carbocycles. The van der Waals surface area contributed by atoms with Crippen LogP contribution in [0.5, 0.6) is 0 Å². The predicted octanol–water partition coefficient (Wildman–Crippen LogP) is 2.34. The van der Waals surface area contributed by atoms with E-state index in [9.17, 15) is 8.42 Å². The van der Waals surface area contributed by atoms with Crippen molar-refractivity contribution in [2.24, 2.45) is 0 Å². The maximum absolute atomic E-state index is 12.2. The first kappa shape index (κ1) is 14.5. The Hall–Kier alpha value is -0.870. The van der Waals surface area contributed by atoms with Crippen molar-refractivity contribution in [2.75, 3.05) is 12.3 Å². The van der Waals surface area contributed by atoms with Crippen LogP contribution in [-0.2, 0) is 22.7 Å². The van der Waals surface area contributed by atoms with Crippen molar-refractivity contribution in [1.82, 2.24) is 5.32 Å². The van der Waals surface area contributed by atoms with Gasteiger partial charge in [-0.15, -0.1) is 0 Å². The molecule has 19 heavy (non-hydrogen) atoms. The molecule has 4 heteroatoms. The Kier molecular flexibility index (Phi) is 4.63. The van der Waals surface area contributed by atoms with Gasteiger partial charge in [-0.1, -0.05) is 19.9 Å². The van der Waals surface area contributed by atoms with E-state index in [1.807, 2.05) is 12.1 Å². The highest BCUT2D eigenvalue weighted by molar-refractivity contribution is 7.91. The third kappa shape index (κ3) is 3.80. The van der Waals surface area contributed by atoms with Crippen LogP contribution in [0, 0.1) is 0 Å². The molecule has 0 bridgehead atoms. The molecule has 2 rings (SSSR count). The van der Waals surface area contributed by atoms with Crippen molar-refractivity contribution < 1.29 is 8.42 Å². The van der Waals surface area contributed by atoms with Gasteiger partial charge < -0.3 is 5.32 Å². The molecule has 0 spiro atoms. The molecule has 1 aromatic rings. The summed E-state index contributed by atoms with van der Waals surface area (Å²) < 4.78 is 24.5. The molecule has 0 aromatic heterocycles. The van der Waals surface area contributed by atoms with Gasteiger partial charge in [0.15, 0.2) is 9.84 Å². The summed E-state index contributed by atoms with van der Waals surface area (Å²) in [6.07, 6.45) is 3.93. The van der Waals surface area contributed by atoms with Crippen LogP contribution in [0.3, 0.4) is 0 Å². The van der Waals surface area contributed by atoms with Gasteiger partial charge >= 0.3 is 0 Å². The van der Waals surface area contributed by atoms with Crippen LogP contribution in [0.25, 0.3) is 0 Å². The van der Waals surface area contributed by atoms with Gasteiger partial charge in [0.05, 0.1) is 10.6 Å². The van der Waals surface area contributed by atoms with E-state index in [2.05, 4.69) is 19.2 Å². The van der Waals surface area contributed by atoms with Crippen LogP contribution in [0.1, 0.15) is 37.8 Å². The maximum atomic E-state index is 12.2. The zero-order chi connectivity index (χ0) is 13.9. The number of hydrogen-bond acceptors (Lipinski definition) is 3. The fraction of sp³-hybridized carbons (Fsp3) is 0.600. The summed E-state index contributed by atoms with van der Waals surface area (Å²) in [5.41, 5.74) is 2.54. The number of fused-ring (bicyclic) bond motifs is 1. The van der Waals surface area contributed by atoms with Crippen molar-refractivity contribution in [1.29, 1.82) is 0 Å². The molecule has 3 nitrogen and oxygen atoms in total. The Bertz CT molecular complexity index is 535. The van der Waals surface area contributed by atoms with Crippen LogP contribution in [-0.4, -0.2) is 26.8 Å². The Morgan fingerprint density at radius 2 is 1.95 bits per heavy atom. The Morgan fingerprint density at radius 3 is 2.68 bits per heavy atom. The molecule has 0 unspecified atom stereocenters. The number of hydrogen-bond donors (Lipinski definition) is 1. The zero-order valence-electron chi connectivity index (χ0n) is 11.8. The summed E-state index contributed by atoms with van der Waals surface area (Å²) in [6.45, 7) is 4.88. The van der Waals surface area contributed by atoms with E-state index in [1.165, 1.54) is 11.1 Å². The molecule has 0 heterocycles. The highest BCUT2D eigenvalue weighted by Gasteiger charge is 2.18. The van der Waals surface area contributed by atoms with E-state index in [1.54, 1.807) is 6.07 Å². The van der Waals surface area contributed by atoms with Gasteiger partial charge in [0, 0.05) is 6.04 Å². The molecule has 1 N–H and O–H groups in total. The lowest BCUT2D eigenvalue weighted by molar-refractivity contribution is 0.568. The monoisotopic (exact) mass is 281 g/mol. The highest BCUT2D eigenvalue weighted by atomic mass is 32.2. The van der Waals surface area contributed by atoms with Crippen LogP contribution >= 0.6 is 0 Å². The average Bonchev–Trinajstić information content (AvgIpc) is 2.81. The quantitative estimate of drug-likeness (QED) is 0.814. The molecule has 0 amide bonds. The second-order valence-corrected chi connectivity index (χ2v) is 7.67. The minimum atomic E-state index is -3.12. The standard InChI is InChI=1S/C15H23NO2S/c1-12(2)16-9-4-10-19(17,18)15-8-7-13-5-3-6-14(13)11-15/h7-8,11-12,16H,3-6,9-10H2,1-2H3. The number of benzene rings is 1. The summed E-state index contributed by atoms with van der Waals surface area (Å²) in [5, 5.41) is 3.25. The molecule has 1 aromatic carbocycles. The normalized spacial score (nSPS) is 14.9. The van der Waals surface area contributed by atoms with Crippen molar-refractivity contribution in [3.8, 4) is 0 Å². The van der Waals surface area contributed by atoms with Crippen molar-refractivity contribution in [3.05, 3.63) is 29.3 Å². The van der Waals surface area contributed by atoms with Gasteiger partial charge in [-0.25, -0.2) is 8.42 Å². The lowest BCUT2D eigenvalue weighted by Gasteiger charge is -2.09. The molecule has 0 radical (unpaired) electrons. The first-order valence-electron chi connectivity index (χ1n) is 7.07. The van der Waals surface area contributed by atoms with Gasteiger partial charge in [-0.3, -0.25) is 0 Å². The van der Waals surface area contributed by atoms with Crippen molar-refractivity contribution >= 4 is 9.84 Å². The van der Waals surface area contributed by atoms with Crippen LogP contribution < -0.4 is 5.32 Å². The Labute approximate surface area is 116 Å². The van der Waals surface area contributed by atoms with Gasteiger partial charge in [0.25, 0.3) is 0 Å². The lowest BCUT2D eigenvalue weighted by Crippen LogP contribution is -2.25. The number of rotatable bonds is 6. The zero-order valence-corrected chi connectivity index (χ0v) is 12.6. The van der Waals surface area contributed by atoms with Gasteiger partial charge in [0.2, 0.25) is 0 Å². The summed E-state index contributed by atoms with van der Waals surface area (Å²) in [6, 6.07) is 6.05. The molecule has 1 aliphatic rings. The summed E-state index contributed by atoms with van der Waals surface area (Å²) in [7, 11) is -3.12. The first-order valence-corrected chi connectivity index (χ1v) is 8.72. The van der Waals surface area contributed by atoms with Gasteiger partial charge in [0.1, 0.15) is 0 Å². The smallest absolute Gasteiger partial charge is 0.178 e. The second kappa shape index (κ2) is 6.06. The minimum absolute atomic E-state index is 0.228. The molecule has 0 saturated heterocycles. The highest BCUT2D eigenvalue weighted by Crippen LogP contribution is 2.25. The molecule has 1 aliphatic carbocycles. The SMILES string of the molecule is CC(C)NCCCS(=O)(=O)c1ccc2c(c1)CCC2. The molecular weight excluding hydrogens is 258 g/mol. The largest absolute Gasteiger partial charge is 0.314 e. The van der Waals surface area contributed by atoms with E-state index in [-0.39, 0.29) is 5.75 Å². The van der Waals surface area contributed by atoms with Crippen molar-refractivity contribution in [2.45, 2.75) is 50.5 Å². The minimum Gasteiger partial charge on any atom is -0.314 e. The summed E-state index contributed by atoms with van der Waals surface area (Å²) in [5.74, 6) is 0.228. The summed E-state index contributed by atoms with van der Waals surface area (Å²) >= 11 is 0. The van der Waals surface area contributed by atoms with Gasteiger partial charge in [-0.2, -0.15) is 0 Å². The fourth-order valence-corrected chi connectivity index (χ4v) is 3.87. The number of aryl methyl sites for hydroxylation is 2. The molecular formula is C15H23NO2S. The molecule has 0 atom stereocenters. The number of sulfone groups is 1. The van der Waals surface area contributed by atoms with Gasteiger partial charge in [-0.05, 0) is 55.5 Å². The lowest BCUT2D eigenvalue weighted by atomic mass is 10.1. The Balaban J connectivity index is 1.99. The molecule has 0 fully saturated rings. The topological polar surface area (TPSA) is 46.2 Å². The van der Waals surface area contributed by atoms with E-state index < -0.39 is 9.84 Å². The van der Waals surface area contributed by atoms with Crippen LogP contribution in [0.4, 0.5) is 0 Å². The van der Waals surface area contributed by atoms with Crippen LogP contribution in [0.15, 0.2) is 23.1 Å².